The van der Waals surface area contributed by atoms with E-state index < -0.39 is 40.1 Å². The zero-order chi connectivity index (χ0) is 15.6. The molecule has 0 radical (unpaired) electrons. The van der Waals surface area contributed by atoms with Crippen molar-refractivity contribution >= 4 is 17.5 Å². The Bertz CT molecular complexity index is 460. The minimum Gasteiger partial charge on any atom is -0.406 e. The molecule has 1 rings (SSSR count). The summed E-state index contributed by atoms with van der Waals surface area (Å²) in [5.41, 5.74) is -4.63. The van der Waals surface area contributed by atoms with E-state index in [-0.39, 0.29) is 12.0 Å². The molecule has 20 heavy (non-hydrogen) atoms. The maximum atomic E-state index is 12.2. The molecule has 0 bridgehead atoms. The van der Waals surface area contributed by atoms with Crippen molar-refractivity contribution in [2.45, 2.75) is 30.1 Å². The van der Waals surface area contributed by atoms with Gasteiger partial charge in [-0.25, -0.2) is 0 Å². The van der Waals surface area contributed by atoms with Crippen LogP contribution in [0.25, 0.3) is 0 Å². The number of rotatable bonds is 4. The minimum absolute atomic E-state index is 0.0194. The van der Waals surface area contributed by atoms with Gasteiger partial charge in [0.15, 0.2) is 0 Å². The van der Waals surface area contributed by atoms with Crippen molar-refractivity contribution in [1.29, 1.82) is 0 Å². The number of halogens is 6. The number of hydrogen-bond acceptors (Lipinski definition) is 3. The SMILES string of the molecule is CC(=O)Cc1cc(OC(F)(F)F)cc(SC(F)(F)F)c1. The highest BCUT2D eigenvalue weighted by molar-refractivity contribution is 8.00. The molecule has 1 aromatic rings. The van der Waals surface area contributed by atoms with E-state index in [9.17, 15) is 31.1 Å². The van der Waals surface area contributed by atoms with Crippen molar-refractivity contribution < 1.29 is 35.9 Å². The maximum Gasteiger partial charge on any atom is 0.573 e. The number of ketones is 1. The molecule has 0 spiro atoms. The maximum absolute atomic E-state index is 12.2. The molecule has 0 atom stereocenters. The van der Waals surface area contributed by atoms with Gasteiger partial charge in [0.05, 0.1) is 0 Å². The standard InChI is InChI=1S/C11H8F6O2S/c1-6(18)2-7-3-8(19-10(12,13)14)5-9(4-7)20-11(15,16)17/h3-5H,2H2,1H3. The number of carbonyl (C=O) groups excluding carboxylic acids is 1. The van der Waals surface area contributed by atoms with Crippen LogP contribution in [-0.2, 0) is 11.2 Å². The lowest BCUT2D eigenvalue weighted by Crippen LogP contribution is -2.17. The highest BCUT2D eigenvalue weighted by Crippen LogP contribution is 2.39. The lowest BCUT2D eigenvalue weighted by molar-refractivity contribution is -0.274. The number of carbonyl (C=O) groups is 1. The zero-order valence-corrected chi connectivity index (χ0v) is 10.7. The smallest absolute Gasteiger partial charge is 0.406 e. The highest BCUT2D eigenvalue weighted by Gasteiger charge is 2.33. The molecule has 112 valence electrons. The largest absolute Gasteiger partial charge is 0.573 e. The lowest BCUT2D eigenvalue weighted by atomic mass is 10.1. The first-order valence-corrected chi connectivity index (χ1v) is 5.91. The van der Waals surface area contributed by atoms with Crippen molar-refractivity contribution in [2.75, 3.05) is 0 Å². The fourth-order valence-electron chi connectivity index (χ4n) is 1.41. The van der Waals surface area contributed by atoms with Gasteiger partial charge >= 0.3 is 11.9 Å². The first kappa shape index (κ1) is 16.7. The molecule has 2 nitrogen and oxygen atoms in total. The van der Waals surface area contributed by atoms with Gasteiger partial charge in [0.25, 0.3) is 0 Å². The molecule has 0 N–H and O–H groups in total. The van der Waals surface area contributed by atoms with Gasteiger partial charge in [0.2, 0.25) is 0 Å². The Balaban J connectivity index is 3.10. The first-order chi connectivity index (χ1) is 8.94. The molecule has 0 aliphatic heterocycles. The third-order valence-corrected chi connectivity index (χ3v) is 2.56. The van der Waals surface area contributed by atoms with Crippen LogP contribution in [0.2, 0.25) is 0 Å². The Kier molecular flexibility index (Phi) is 4.95. The Morgan fingerprint density at radius 3 is 2.20 bits per heavy atom. The van der Waals surface area contributed by atoms with E-state index >= 15 is 0 Å². The van der Waals surface area contributed by atoms with Crippen molar-refractivity contribution in [3.05, 3.63) is 23.8 Å². The van der Waals surface area contributed by atoms with Crippen LogP contribution in [-0.4, -0.2) is 17.7 Å². The van der Waals surface area contributed by atoms with Crippen LogP contribution in [0.5, 0.6) is 5.75 Å². The summed E-state index contributed by atoms with van der Waals surface area (Å²) in [4.78, 5) is 10.4. The molecule has 0 amide bonds. The van der Waals surface area contributed by atoms with Crippen LogP contribution in [0.1, 0.15) is 12.5 Å². The molecular formula is C11H8F6O2S. The molecule has 0 heterocycles. The predicted molar refractivity (Wildman–Crippen MR) is 59.4 cm³/mol. The molecule has 1 aromatic carbocycles. The summed E-state index contributed by atoms with van der Waals surface area (Å²) < 4.78 is 76.6. The van der Waals surface area contributed by atoms with E-state index in [0.717, 1.165) is 12.1 Å². The second kappa shape index (κ2) is 5.94. The number of benzene rings is 1. The molecule has 0 saturated carbocycles. The van der Waals surface area contributed by atoms with Gasteiger partial charge in [0, 0.05) is 11.3 Å². The van der Waals surface area contributed by atoms with Crippen molar-refractivity contribution in [3.63, 3.8) is 0 Å². The summed E-state index contributed by atoms with van der Waals surface area (Å²) >= 11 is -0.576. The summed E-state index contributed by atoms with van der Waals surface area (Å²) in [6.07, 6.45) is -5.30. The van der Waals surface area contributed by atoms with Gasteiger partial charge in [-0.05, 0) is 42.4 Å². The van der Waals surface area contributed by atoms with Crippen molar-refractivity contribution in [2.24, 2.45) is 0 Å². The number of ether oxygens (including phenoxy) is 1. The lowest BCUT2D eigenvalue weighted by Gasteiger charge is -2.13. The summed E-state index contributed by atoms with van der Waals surface area (Å²) in [5, 5.41) is 0. The average Bonchev–Trinajstić information content (AvgIpc) is 2.08. The Morgan fingerprint density at radius 2 is 1.75 bits per heavy atom. The average molecular weight is 318 g/mol. The minimum atomic E-state index is -5.02. The fraction of sp³-hybridized carbons (Fsp3) is 0.364. The number of thioether (sulfide) groups is 1. The molecule has 0 fully saturated rings. The van der Waals surface area contributed by atoms with Crippen LogP contribution in [0.15, 0.2) is 23.1 Å². The number of alkyl halides is 6. The number of hydrogen-bond donors (Lipinski definition) is 0. The van der Waals surface area contributed by atoms with Crippen LogP contribution in [0.4, 0.5) is 26.3 Å². The topological polar surface area (TPSA) is 26.3 Å². The van der Waals surface area contributed by atoms with Gasteiger partial charge in [-0.2, -0.15) is 13.2 Å². The highest BCUT2D eigenvalue weighted by atomic mass is 32.2. The van der Waals surface area contributed by atoms with E-state index in [1.807, 2.05) is 0 Å². The Labute approximate surface area is 114 Å². The predicted octanol–water partition coefficient (Wildman–Crippen LogP) is 4.33. The molecular weight excluding hydrogens is 310 g/mol. The second-order valence-corrected chi connectivity index (χ2v) is 4.93. The van der Waals surface area contributed by atoms with Crippen molar-refractivity contribution in [1.82, 2.24) is 0 Å². The van der Waals surface area contributed by atoms with Crippen molar-refractivity contribution in [3.8, 4) is 5.75 Å². The summed E-state index contributed by atoms with van der Waals surface area (Å²) in [5.74, 6) is -1.18. The summed E-state index contributed by atoms with van der Waals surface area (Å²) in [6.45, 7) is 1.17. The molecule has 0 aromatic heterocycles. The number of Topliss-reactive ketones (excluding diaryl/α,β-unsaturated/α-hetero) is 1. The monoisotopic (exact) mass is 318 g/mol. The first-order valence-electron chi connectivity index (χ1n) is 5.09. The Morgan fingerprint density at radius 1 is 1.15 bits per heavy atom. The van der Waals surface area contributed by atoms with E-state index in [0.29, 0.717) is 6.07 Å². The van der Waals surface area contributed by atoms with Crippen LogP contribution < -0.4 is 4.74 Å². The normalized spacial score (nSPS) is 12.3. The zero-order valence-electron chi connectivity index (χ0n) is 9.93. The van der Waals surface area contributed by atoms with Gasteiger partial charge in [-0.3, -0.25) is 4.79 Å². The van der Waals surface area contributed by atoms with Gasteiger partial charge < -0.3 is 4.74 Å². The van der Waals surface area contributed by atoms with E-state index in [1.54, 1.807) is 0 Å². The quantitative estimate of drug-likeness (QED) is 0.610. The van der Waals surface area contributed by atoms with E-state index in [2.05, 4.69) is 4.74 Å². The van der Waals surface area contributed by atoms with Crippen LogP contribution in [0, 0.1) is 0 Å². The molecule has 0 saturated heterocycles. The van der Waals surface area contributed by atoms with Crippen LogP contribution >= 0.6 is 11.8 Å². The third kappa shape index (κ3) is 6.69. The Hall–Kier alpha value is -1.38. The second-order valence-electron chi connectivity index (χ2n) is 3.79. The molecule has 0 unspecified atom stereocenters. The molecule has 0 aliphatic carbocycles. The third-order valence-electron chi connectivity index (χ3n) is 1.86. The molecule has 9 heteroatoms. The fourth-order valence-corrected chi connectivity index (χ4v) is 2.06. The van der Waals surface area contributed by atoms with Gasteiger partial charge in [-0.15, -0.1) is 13.2 Å². The van der Waals surface area contributed by atoms with Gasteiger partial charge in [-0.1, -0.05) is 0 Å². The van der Waals surface area contributed by atoms with Crippen LogP contribution in [0.3, 0.4) is 0 Å². The van der Waals surface area contributed by atoms with E-state index in [1.165, 1.54) is 6.92 Å². The molecule has 0 aliphatic rings. The van der Waals surface area contributed by atoms with E-state index in [4.69, 9.17) is 0 Å². The summed E-state index contributed by atoms with van der Waals surface area (Å²) in [7, 11) is 0. The summed E-state index contributed by atoms with van der Waals surface area (Å²) in [6, 6.07) is 2.51. The van der Waals surface area contributed by atoms with Gasteiger partial charge in [0.1, 0.15) is 11.5 Å².